The number of hydrogen-bond acceptors (Lipinski definition) is 3. The Morgan fingerprint density at radius 1 is 1.24 bits per heavy atom. The van der Waals surface area contributed by atoms with Crippen molar-refractivity contribution in [3.05, 3.63) is 46.2 Å². The predicted octanol–water partition coefficient (Wildman–Crippen LogP) is 3.48. The highest BCUT2D eigenvalue weighted by Crippen LogP contribution is 2.29. The standard InChI is InChI=1S/C15H16FN3OS/c16-11-7-5-10(6-8-11)9-17-14(20)19-15-18-12-3-1-2-4-13(12)21-15/h5-8H,1-4,9H2,(H2,17,18,19,20). The van der Waals surface area contributed by atoms with Crippen LogP contribution in [-0.4, -0.2) is 11.0 Å². The van der Waals surface area contributed by atoms with E-state index in [9.17, 15) is 9.18 Å². The van der Waals surface area contributed by atoms with E-state index in [1.807, 2.05) is 0 Å². The number of amides is 2. The summed E-state index contributed by atoms with van der Waals surface area (Å²) in [5.41, 5.74) is 1.98. The summed E-state index contributed by atoms with van der Waals surface area (Å²) in [7, 11) is 0. The fraction of sp³-hybridized carbons (Fsp3) is 0.333. The molecule has 1 aliphatic rings. The van der Waals surface area contributed by atoms with Crippen molar-refractivity contribution < 1.29 is 9.18 Å². The number of aromatic nitrogens is 1. The number of benzene rings is 1. The molecule has 21 heavy (non-hydrogen) atoms. The third kappa shape index (κ3) is 3.58. The average molecular weight is 305 g/mol. The van der Waals surface area contributed by atoms with Crippen molar-refractivity contribution in [3.8, 4) is 0 Å². The van der Waals surface area contributed by atoms with Gasteiger partial charge in [-0.3, -0.25) is 5.32 Å². The van der Waals surface area contributed by atoms with Crippen LogP contribution in [0.4, 0.5) is 14.3 Å². The second kappa shape index (κ2) is 6.22. The molecule has 110 valence electrons. The molecule has 0 aliphatic heterocycles. The van der Waals surface area contributed by atoms with Gasteiger partial charge < -0.3 is 5.32 Å². The Morgan fingerprint density at radius 2 is 2.00 bits per heavy atom. The number of anilines is 1. The number of nitrogens with one attached hydrogen (secondary N) is 2. The van der Waals surface area contributed by atoms with Crippen molar-refractivity contribution >= 4 is 22.5 Å². The molecule has 1 heterocycles. The summed E-state index contributed by atoms with van der Waals surface area (Å²) >= 11 is 1.55. The van der Waals surface area contributed by atoms with Gasteiger partial charge in [0.2, 0.25) is 0 Å². The molecule has 4 nitrogen and oxygen atoms in total. The first-order valence-electron chi connectivity index (χ1n) is 6.98. The van der Waals surface area contributed by atoms with E-state index in [0.29, 0.717) is 11.7 Å². The van der Waals surface area contributed by atoms with Crippen LogP contribution in [0, 0.1) is 5.82 Å². The number of rotatable bonds is 3. The van der Waals surface area contributed by atoms with Crippen LogP contribution in [0.1, 0.15) is 29.0 Å². The predicted molar refractivity (Wildman–Crippen MR) is 81.0 cm³/mol. The molecule has 0 atom stereocenters. The topological polar surface area (TPSA) is 54.0 Å². The second-order valence-electron chi connectivity index (χ2n) is 5.03. The molecule has 0 unspecified atom stereocenters. The van der Waals surface area contributed by atoms with Gasteiger partial charge >= 0.3 is 6.03 Å². The lowest BCUT2D eigenvalue weighted by Gasteiger charge is -2.06. The third-order valence-electron chi connectivity index (χ3n) is 3.43. The van der Waals surface area contributed by atoms with Crippen molar-refractivity contribution in [1.29, 1.82) is 0 Å². The fourth-order valence-electron chi connectivity index (χ4n) is 2.33. The molecule has 2 aromatic rings. The SMILES string of the molecule is O=C(NCc1ccc(F)cc1)Nc1nc2c(s1)CCCC2. The summed E-state index contributed by atoms with van der Waals surface area (Å²) in [5.74, 6) is -0.281. The second-order valence-corrected chi connectivity index (χ2v) is 6.11. The van der Waals surface area contributed by atoms with E-state index in [4.69, 9.17) is 0 Å². The Balaban J connectivity index is 1.54. The Kier molecular flexibility index (Phi) is 4.15. The maximum atomic E-state index is 12.8. The van der Waals surface area contributed by atoms with Gasteiger partial charge in [-0.15, -0.1) is 11.3 Å². The number of carbonyl (C=O) groups excluding carboxylic acids is 1. The number of urea groups is 1. The maximum absolute atomic E-state index is 12.8. The summed E-state index contributed by atoms with van der Waals surface area (Å²) in [5, 5.41) is 6.16. The molecule has 0 spiro atoms. The van der Waals surface area contributed by atoms with Gasteiger partial charge in [-0.05, 0) is 43.4 Å². The molecule has 2 N–H and O–H groups in total. The number of nitrogens with zero attached hydrogens (tertiary/aromatic N) is 1. The zero-order chi connectivity index (χ0) is 14.7. The normalized spacial score (nSPS) is 13.6. The largest absolute Gasteiger partial charge is 0.334 e. The van der Waals surface area contributed by atoms with E-state index in [1.165, 1.54) is 29.9 Å². The lowest BCUT2D eigenvalue weighted by molar-refractivity contribution is 0.251. The van der Waals surface area contributed by atoms with Crippen LogP contribution in [0.3, 0.4) is 0 Å². The van der Waals surface area contributed by atoms with Crippen molar-refractivity contribution in [2.24, 2.45) is 0 Å². The van der Waals surface area contributed by atoms with Crippen molar-refractivity contribution in [2.45, 2.75) is 32.2 Å². The molecule has 3 rings (SSSR count). The van der Waals surface area contributed by atoms with Crippen LogP contribution in [-0.2, 0) is 19.4 Å². The van der Waals surface area contributed by atoms with Gasteiger partial charge in [-0.1, -0.05) is 12.1 Å². The minimum absolute atomic E-state index is 0.281. The Labute approximate surface area is 126 Å². The van der Waals surface area contributed by atoms with Gasteiger partial charge in [0.05, 0.1) is 5.69 Å². The van der Waals surface area contributed by atoms with Crippen molar-refractivity contribution in [3.63, 3.8) is 0 Å². The molecule has 0 bridgehead atoms. The molecule has 1 aromatic carbocycles. The number of aryl methyl sites for hydroxylation is 2. The van der Waals surface area contributed by atoms with Gasteiger partial charge in [0.1, 0.15) is 5.82 Å². The Hall–Kier alpha value is -1.95. The fourth-order valence-corrected chi connectivity index (χ4v) is 3.38. The van der Waals surface area contributed by atoms with Gasteiger partial charge in [0.15, 0.2) is 5.13 Å². The van der Waals surface area contributed by atoms with Crippen LogP contribution >= 0.6 is 11.3 Å². The van der Waals surface area contributed by atoms with E-state index >= 15 is 0 Å². The summed E-state index contributed by atoms with van der Waals surface area (Å²) in [6.07, 6.45) is 4.44. The molecule has 1 aliphatic carbocycles. The summed E-state index contributed by atoms with van der Waals surface area (Å²) in [4.78, 5) is 17.6. The van der Waals surface area contributed by atoms with Gasteiger partial charge in [0.25, 0.3) is 0 Å². The molecule has 1 aromatic heterocycles. The van der Waals surface area contributed by atoms with Crippen LogP contribution < -0.4 is 10.6 Å². The maximum Gasteiger partial charge on any atom is 0.321 e. The van der Waals surface area contributed by atoms with E-state index < -0.39 is 0 Å². The van der Waals surface area contributed by atoms with Gasteiger partial charge in [-0.25, -0.2) is 14.2 Å². The van der Waals surface area contributed by atoms with E-state index in [2.05, 4.69) is 15.6 Å². The number of fused-ring (bicyclic) bond motifs is 1. The summed E-state index contributed by atoms with van der Waals surface area (Å²) < 4.78 is 12.8. The highest BCUT2D eigenvalue weighted by molar-refractivity contribution is 7.15. The van der Waals surface area contributed by atoms with Crippen molar-refractivity contribution in [2.75, 3.05) is 5.32 Å². The first-order valence-corrected chi connectivity index (χ1v) is 7.80. The van der Waals surface area contributed by atoms with E-state index in [-0.39, 0.29) is 11.8 Å². The van der Waals surface area contributed by atoms with Crippen LogP contribution in [0.5, 0.6) is 0 Å². The van der Waals surface area contributed by atoms with Crippen LogP contribution in [0.2, 0.25) is 0 Å². The van der Waals surface area contributed by atoms with Gasteiger partial charge in [0, 0.05) is 11.4 Å². The number of halogens is 1. The minimum Gasteiger partial charge on any atom is -0.334 e. The van der Waals surface area contributed by atoms with Crippen LogP contribution in [0.15, 0.2) is 24.3 Å². The lowest BCUT2D eigenvalue weighted by Crippen LogP contribution is -2.28. The van der Waals surface area contributed by atoms with Crippen LogP contribution in [0.25, 0.3) is 0 Å². The molecule has 6 heteroatoms. The quantitative estimate of drug-likeness (QED) is 0.912. The lowest BCUT2D eigenvalue weighted by atomic mass is 10.0. The van der Waals surface area contributed by atoms with E-state index in [1.54, 1.807) is 23.5 Å². The molecular weight excluding hydrogens is 289 g/mol. The van der Waals surface area contributed by atoms with E-state index in [0.717, 1.165) is 24.1 Å². The molecule has 0 radical (unpaired) electrons. The highest BCUT2D eigenvalue weighted by atomic mass is 32.1. The molecule has 0 saturated carbocycles. The average Bonchev–Trinajstić information content (AvgIpc) is 2.88. The number of thiazole rings is 1. The Morgan fingerprint density at radius 3 is 2.76 bits per heavy atom. The minimum atomic E-state index is -0.287. The number of hydrogen-bond donors (Lipinski definition) is 2. The number of carbonyl (C=O) groups is 1. The summed E-state index contributed by atoms with van der Waals surface area (Å²) in [6.45, 7) is 0.358. The highest BCUT2D eigenvalue weighted by Gasteiger charge is 2.16. The molecule has 0 fully saturated rings. The zero-order valence-corrected chi connectivity index (χ0v) is 12.3. The molecule has 2 amide bonds. The third-order valence-corrected chi connectivity index (χ3v) is 4.51. The monoisotopic (exact) mass is 305 g/mol. The first kappa shape index (κ1) is 14.0. The first-order chi connectivity index (χ1) is 10.2. The van der Waals surface area contributed by atoms with Crippen molar-refractivity contribution in [1.82, 2.24) is 10.3 Å². The zero-order valence-electron chi connectivity index (χ0n) is 11.5. The molecule has 0 saturated heterocycles. The molecular formula is C15H16FN3OS. The summed E-state index contributed by atoms with van der Waals surface area (Å²) in [6, 6.07) is 5.77. The van der Waals surface area contributed by atoms with Gasteiger partial charge in [-0.2, -0.15) is 0 Å². The smallest absolute Gasteiger partial charge is 0.321 e. The Bertz CT molecular complexity index is 615.